The molecule has 0 aromatic heterocycles. The monoisotopic (exact) mass is 379 g/mol. The molecule has 1 atom stereocenters. The Hall–Kier alpha value is -2.24. The number of benzene rings is 2. The van der Waals surface area contributed by atoms with Crippen molar-refractivity contribution in [2.75, 3.05) is 5.32 Å². The van der Waals surface area contributed by atoms with Crippen LogP contribution < -0.4 is 5.32 Å². The lowest BCUT2D eigenvalue weighted by Crippen LogP contribution is -2.26. The van der Waals surface area contributed by atoms with Crippen LogP contribution in [0.1, 0.15) is 17.5 Å². The molecule has 1 saturated carbocycles. The largest absolute Gasteiger partial charge is 0.480 e. The number of ether oxygens (including phenoxy) is 1. The highest BCUT2D eigenvalue weighted by Crippen LogP contribution is 2.65. The summed E-state index contributed by atoms with van der Waals surface area (Å²) in [5.74, 6) is -1.07. The Kier molecular flexibility index (Phi) is 4.62. The number of carbonyl (C=O) groups is 2. The van der Waals surface area contributed by atoms with Crippen molar-refractivity contribution in [2.45, 2.75) is 22.8 Å². The molecule has 0 saturated heterocycles. The van der Waals surface area contributed by atoms with Gasteiger partial charge in [0.1, 0.15) is 16.4 Å². The maximum atomic E-state index is 11.8. The molecule has 1 fully saturated rings. The van der Waals surface area contributed by atoms with Gasteiger partial charge >= 0.3 is 12.1 Å². The summed E-state index contributed by atoms with van der Waals surface area (Å²) in [5.41, 5.74) is 0.555. The molecule has 2 aromatic carbocycles. The van der Waals surface area contributed by atoms with Gasteiger partial charge in [-0.05, 0) is 23.3 Å². The smallest absolute Gasteiger partial charge is 0.411 e. The number of nitrogens with one attached hydrogen (secondary N) is 1. The van der Waals surface area contributed by atoms with E-state index in [1.165, 1.54) is 0 Å². The van der Waals surface area contributed by atoms with Crippen molar-refractivity contribution in [1.82, 2.24) is 0 Å². The third kappa shape index (κ3) is 3.43. The third-order valence-electron chi connectivity index (χ3n) is 4.19. The zero-order valence-electron chi connectivity index (χ0n) is 13.0. The van der Waals surface area contributed by atoms with E-state index >= 15 is 0 Å². The normalized spacial score (nSPS) is 20.6. The van der Waals surface area contributed by atoms with Crippen molar-refractivity contribution in [1.29, 1.82) is 0 Å². The van der Waals surface area contributed by atoms with E-state index < -0.39 is 21.8 Å². The first kappa shape index (κ1) is 17.6. The predicted octanol–water partition coefficient (Wildman–Crippen LogP) is 4.34. The molecule has 1 unspecified atom stereocenters. The summed E-state index contributed by atoms with van der Waals surface area (Å²) >= 11 is 12.0. The number of anilines is 1. The van der Waals surface area contributed by atoms with Gasteiger partial charge in [0.05, 0.1) is 0 Å². The van der Waals surface area contributed by atoms with E-state index in [0.29, 0.717) is 11.3 Å². The van der Waals surface area contributed by atoms with E-state index in [1.54, 1.807) is 24.3 Å². The molecule has 1 aliphatic carbocycles. The number of carboxylic acids is 1. The minimum atomic E-state index is -1.32. The van der Waals surface area contributed by atoms with Gasteiger partial charge in [-0.1, -0.05) is 65.7 Å². The molecule has 3 rings (SSSR count). The molecular formula is C18H15Cl2NO4. The molecule has 0 radical (unpaired) electrons. The van der Waals surface area contributed by atoms with Crippen LogP contribution in [0.2, 0.25) is 0 Å². The van der Waals surface area contributed by atoms with Gasteiger partial charge in [-0.25, -0.2) is 4.79 Å². The van der Waals surface area contributed by atoms with Gasteiger partial charge in [-0.3, -0.25) is 10.1 Å². The summed E-state index contributed by atoms with van der Waals surface area (Å²) in [6.07, 6.45) is -0.454. The highest BCUT2D eigenvalue weighted by atomic mass is 35.5. The molecule has 25 heavy (non-hydrogen) atoms. The van der Waals surface area contributed by atoms with Crippen LogP contribution in [0.15, 0.2) is 54.6 Å². The van der Waals surface area contributed by atoms with E-state index in [0.717, 1.165) is 5.56 Å². The lowest BCUT2D eigenvalue weighted by Gasteiger charge is -2.14. The zero-order chi connectivity index (χ0) is 18.1. The van der Waals surface area contributed by atoms with Crippen LogP contribution in [0.3, 0.4) is 0 Å². The molecule has 2 N–H and O–H groups in total. The highest BCUT2D eigenvalue weighted by Gasteiger charge is 2.72. The second-order valence-corrected chi connectivity index (χ2v) is 7.34. The average molecular weight is 380 g/mol. The molecule has 0 bridgehead atoms. The topological polar surface area (TPSA) is 75.6 Å². The Labute approximate surface area is 154 Å². The van der Waals surface area contributed by atoms with Crippen LogP contribution in [0.4, 0.5) is 10.5 Å². The average Bonchev–Trinajstić information content (AvgIpc) is 3.19. The zero-order valence-corrected chi connectivity index (χ0v) is 14.6. The maximum Gasteiger partial charge on any atom is 0.411 e. The van der Waals surface area contributed by atoms with Crippen molar-refractivity contribution >= 4 is 41.0 Å². The minimum Gasteiger partial charge on any atom is -0.480 e. The number of aliphatic carboxylic acids is 1. The number of rotatable bonds is 5. The molecular weight excluding hydrogens is 365 g/mol. The lowest BCUT2D eigenvalue weighted by atomic mass is 9.96. The van der Waals surface area contributed by atoms with Crippen LogP contribution in [0, 0.1) is 0 Å². The van der Waals surface area contributed by atoms with Crippen molar-refractivity contribution in [2.24, 2.45) is 0 Å². The Morgan fingerprint density at radius 3 is 2.20 bits per heavy atom. The summed E-state index contributed by atoms with van der Waals surface area (Å²) in [7, 11) is 0. The number of amides is 1. The quantitative estimate of drug-likeness (QED) is 0.757. The molecule has 5 nitrogen and oxygen atoms in total. The Morgan fingerprint density at radius 1 is 1.08 bits per heavy atom. The van der Waals surface area contributed by atoms with Gasteiger partial charge in [0.2, 0.25) is 0 Å². The summed E-state index contributed by atoms with van der Waals surface area (Å²) < 4.78 is 3.81. The summed E-state index contributed by atoms with van der Waals surface area (Å²) in [5, 5.41) is 12.0. The summed E-state index contributed by atoms with van der Waals surface area (Å²) in [4.78, 5) is 23.3. The Morgan fingerprint density at radius 2 is 1.68 bits per heavy atom. The Balaban J connectivity index is 1.61. The number of carboxylic acid groups (broad SMARTS) is 1. The number of halogens is 2. The van der Waals surface area contributed by atoms with Crippen molar-refractivity contribution < 1.29 is 19.4 Å². The van der Waals surface area contributed by atoms with Crippen LogP contribution in [-0.2, 0) is 21.6 Å². The van der Waals surface area contributed by atoms with Gasteiger partial charge in [0.25, 0.3) is 0 Å². The van der Waals surface area contributed by atoms with E-state index in [1.807, 2.05) is 30.3 Å². The van der Waals surface area contributed by atoms with Crippen molar-refractivity contribution in [3.05, 3.63) is 65.7 Å². The fourth-order valence-corrected chi connectivity index (χ4v) is 3.45. The van der Waals surface area contributed by atoms with E-state index in [4.69, 9.17) is 27.9 Å². The first-order valence-corrected chi connectivity index (χ1v) is 8.30. The Bertz CT molecular complexity index is 792. The van der Waals surface area contributed by atoms with Crippen LogP contribution in [0.5, 0.6) is 0 Å². The van der Waals surface area contributed by atoms with E-state index in [2.05, 4.69) is 5.32 Å². The first-order chi connectivity index (χ1) is 11.8. The molecule has 0 heterocycles. The van der Waals surface area contributed by atoms with E-state index in [-0.39, 0.29) is 13.0 Å². The predicted molar refractivity (Wildman–Crippen MR) is 95.1 cm³/mol. The maximum absolute atomic E-state index is 11.8. The van der Waals surface area contributed by atoms with Crippen LogP contribution in [0.25, 0.3) is 0 Å². The minimum absolute atomic E-state index is 0.143. The third-order valence-corrected chi connectivity index (χ3v) is 5.10. The van der Waals surface area contributed by atoms with Crippen molar-refractivity contribution in [3.63, 3.8) is 0 Å². The van der Waals surface area contributed by atoms with Gasteiger partial charge in [-0.15, -0.1) is 0 Å². The standard InChI is InChI=1S/C18H15Cl2NO4/c19-18(20)11-17(18,15(22)23)13-6-8-14(9-7-13)21-16(24)25-10-12-4-2-1-3-5-12/h1-9H,10-11H2,(H,21,24)(H,22,23). The van der Waals surface area contributed by atoms with Crippen molar-refractivity contribution in [3.8, 4) is 0 Å². The fourth-order valence-electron chi connectivity index (χ4n) is 2.67. The number of hydrogen-bond donors (Lipinski definition) is 2. The highest BCUT2D eigenvalue weighted by molar-refractivity contribution is 6.54. The summed E-state index contributed by atoms with van der Waals surface area (Å²) in [6, 6.07) is 15.7. The fraction of sp³-hybridized carbons (Fsp3) is 0.222. The molecule has 7 heteroatoms. The van der Waals surface area contributed by atoms with Gasteiger partial charge < -0.3 is 9.84 Å². The van der Waals surface area contributed by atoms with E-state index in [9.17, 15) is 14.7 Å². The molecule has 0 spiro atoms. The number of carbonyl (C=O) groups excluding carboxylic acids is 1. The molecule has 2 aromatic rings. The first-order valence-electron chi connectivity index (χ1n) is 7.55. The number of alkyl halides is 2. The van der Waals surface area contributed by atoms with Crippen LogP contribution in [-0.4, -0.2) is 21.5 Å². The van der Waals surface area contributed by atoms with Gasteiger partial charge in [-0.2, -0.15) is 0 Å². The SMILES string of the molecule is O=C(Nc1ccc(C2(C(=O)O)CC2(Cl)Cl)cc1)OCc1ccccc1. The second kappa shape index (κ2) is 6.58. The molecule has 0 aliphatic heterocycles. The molecule has 1 aliphatic rings. The molecule has 1 amide bonds. The van der Waals surface area contributed by atoms with Gasteiger partial charge in [0.15, 0.2) is 0 Å². The lowest BCUT2D eigenvalue weighted by molar-refractivity contribution is -0.140. The number of hydrogen-bond acceptors (Lipinski definition) is 3. The van der Waals surface area contributed by atoms with Gasteiger partial charge in [0, 0.05) is 12.1 Å². The molecule has 130 valence electrons. The second-order valence-electron chi connectivity index (χ2n) is 5.86. The van der Waals surface area contributed by atoms with Crippen LogP contribution >= 0.6 is 23.2 Å². The summed E-state index contributed by atoms with van der Waals surface area (Å²) in [6.45, 7) is 0.161.